The largest absolute Gasteiger partial charge is 0.372 e. The highest BCUT2D eigenvalue weighted by atomic mass is 32.1. The summed E-state index contributed by atoms with van der Waals surface area (Å²) in [5, 5.41) is 5.04. The van der Waals surface area contributed by atoms with Gasteiger partial charge in [0.2, 0.25) is 0 Å². The maximum absolute atomic E-state index is 11.2. The van der Waals surface area contributed by atoms with E-state index in [-0.39, 0.29) is 18.6 Å². The van der Waals surface area contributed by atoms with E-state index >= 15 is 0 Å². The second kappa shape index (κ2) is 5.79. The normalized spacial score (nSPS) is 12.5. The highest BCUT2D eigenvalue weighted by Crippen LogP contribution is 2.18. The van der Waals surface area contributed by atoms with Crippen molar-refractivity contribution in [3.63, 3.8) is 0 Å². The molecule has 6 heteroatoms. The van der Waals surface area contributed by atoms with E-state index in [1.165, 1.54) is 11.3 Å². The van der Waals surface area contributed by atoms with Gasteiger partial charge in [0.15, 0.2) is 5.13 Å². The van der Waals surface area contributed by atoms with Crippen LogP contribution >= 0.6 is 11.3 Å². The minimum absolute atomic E-state index is 0.0591. The molecule has 3 N–H and O–H groups in total. The van der Waals surface area contributed by atoms with Gasteiger partial charge in [0.1, 0.15) is 6.61 Å². The second-order valence-electron chi connectivity index (χ2n) is 3.05. The topological polar surface area (TPSA) is 77.2 Å². The molecule has 1 atom stereocenters. The molecule has 0 aliphatic heterocycles. The van der Waals surface area contributed by atoms with Gasteiger partial charge in [-0.1, -0.05) is 0 Å². The molecular weight excluding hydrogens is 214 g/mol. The Morgan fingerprint density at radius 1 is 1.80 bits per heavy atom. The average Bonchev–Trinajstić information content (AvgIpc) is 2.63. The third-order valence-corrected chi connectivity index (χ3v) is 2.45. The summed E-state index contributed by atoms with van der Waals surface area (Å²) in [6.07, 6.45) is 0. The molecule has 1 heterocycles. The van der Waals surface area contributed by atoms with E-state index in [4.69, 9.17) is 10.5 Å². The van der Waals surface area contributed by atoms with Crippen molar-refractivity contribution in [2.75, 3.05) is 18.5 Å². The van der Waals surface area contributed by atoms with Crippen molar-refractivity contribution < 1.29 is 9.53 Å². The lowest BCUT2D eigenvalue weighted by atomic mass is 10.3. The first-order valence-corrected chi connectivity index (χ1v) is 5.60. The first-order chi connectivity index (χ1) is 7.13. The molecule has 0 aliphatic rings. The molecule has 0 bridgehead atoms. The van der Waals surface area contributed by atoms with Gasteiger partial charge in [-0.15, -0.1) is 11.3 Å². The Morgan fingerprint density at radius 2 is 2.53 bits per heavy atom. The predicted octanol–water partition coefficient (Wildman–Crippen LogP) is 1.14. The summed E-state index contributed by atoms with van der Waals surface area (Å²) < 4.78 is 4.96. The van der Waals surface area contributed by atoms with Crippen LogP contribution in [0.15, 0.2) is 5.38 Å². The second-order valence-corrected chi connectivity index (χ2v) is 3.91. The number of nitrogens with two attached hydrogens (primary N) is 1. The van der Waals surface area contributed by atoms with E-state index in [2.05, 4.69) is 10.3 Å². The van der Waals surface area contributed by atoms with Crippen LogP contribution in [-0.4, -0.2) is 24.1 Å². The van der Waals surface area contributed by atoms with Crippen molar-refractivity contribution in [1.29, 1.82) is 0 Å². The molecule has 1 rings (SSSR count). The first kappa shape index (κ1) is 12.1. The Labute approximate surface area is 92.6 Å². The van der Waals surface area contributed by atoms with E-state index in [0.717, 1.165) is 5.69 Å². The van der Waals surface area contributed by atoms with Gasteiger partial charge in [0, 0.05) is 18.0 Å². The monoisotopic (exact) mass is 229 g/mol. The summed E-state index contributed by atoms with van der Waals surface area (Å²) >= 11 is 1.36. The summed E-state index contributed by atoms with van der Waals surface area (Å²) in [5.74, 6) is -0.192. The van der Waals surface area contributed by atoms with E-state index in [1.807, 2.05) is 19.2 Å². The smallest absolute Gasteiger partial charge is 0.252 e. The summed E-state index contributed by atoms with van der Waals surface area (Å²) in [4.78, 5) is 15.4. The Morgan fingerprint density at radius 3 is 3.07 bits per heavy atom. The van der Waals surface area contributed by atoms with Gasteiger partial charge in [-0.05, 0) is 13.8 Å². The van der Waals surface area contributed by atoms with Gasteiger partial charge in [0.05, 0.1) is 5.69 Å². The molecule has 15 heavy (non-hydrogen) atoms. The Kier molecular flexibility index (Phi) is 4.67. The van der Waals surface area contributed by atoms with Crippen LogP contribution in [0.2, 0.25) is 0 Å². The van der Waals surface area contributed by atoms with Crippen molar-refractivity contribution in [1.82, 2.24) is 4.98 Å². The van der Waals surface area contributed by atoms with Crippen LogP contribution in [0.4, 0.5) is 5.13 Å². The highest BCUT2D eigenvalue weighted by Gasteiger charge is 2.08. The minimum atomic E-state index is -0.192. The lowest BCUT2D eigenvalue weighted by Gasteiger charge is -2.01. The number of thiazole rings is 1. The third-order valence-electron chi connectivity index (χ3n) is 1.67. The standard InChI is InChI=1S/C9H15N3O2S/c1-3-14-4-8(13)12-9-11-7(5-15-9)6(2)10/h5-6H,3-4,10H2,1-2H3,(H,11,12,13). The molecule has 0 saturated heterocycles. The van der Waals surface area contributed by atoms with Crippen molar-refractivity contribution >= 4 is 22.4 Å². The number of amides is 1. The molecule has 5 nitrogen and oxygen atoms in total. The van der Waals surface area contributed by atoms with Crippen LogP contribution in [-0.2, 0) is 9.53 Å². The number of nitrogens with zero attached hydrogens (tertiary/aromatic N) is 1. The van der Waals surface area contributed by atoms with Gasteiger partial charge in [-0.2, -0.15) is 0 Å². The molecule has 0 spiro atoms. The van der Waals surface area contributed by atoms with Crippen molar-refractivity contribution in [2.24, 2.45) is 5.73 Å². The molecule has 1 unspecified atom stereocenters. The number of aromatic nitrogens is 1. The SMILES string of the molecule is CCOCC(=O)Nc1nc(C(C)N)cs1. The van der Waals surface area contributed by atoms with Gasteiger partial charge < -0.3 is 10.5 Å². The fourth-order valence-corrected chi connectivity index (χ4v) is 1.73. The molecule has 1 amide bonds. The molecular formula is C9H15N3O2S. The molecule has 0 saturated carbocycles. The fraction of sp³-hybridized carbons (Fsp3) is 0.556. The number of carbonyl (C=O) groups is 1. The summed E-state index contributed by atoms with van der Waals surface area (Å²) in [5.41, 5.74) is 6.43. The van der Waals surface area contributed by atoms with Gasteiger partial charge in [-0.3, -0.25) is 10.1 Å². The molecule has 0 aliphatic carbocycles. The molecule has 84 valence electrons. The van der Waals surface area contributed by atoms with Crippen LogP contribution in [0, 0.1) is 0 Å². The lowest BCUT2D eigenvalue weighted by molar-refractivity contribution is -0.120. The summed E-state index contributed by atoms with van der Waals surface area (Å²) in [7, 11) is 0. The minimum Gasteiger partial charge on any atom is -0.372 e. The van der Waals surface area contributed by atoms with Crippen molar-refractivity contribution in [3.8, 4) is 0 Å². The number of carbonyl (C=O) groups excluding carboxylic acids is 1. The van der Waals surface area contributed by atoms with E-state index in [9.17, 15) is 4.79 Å². The van der Waals surface area contributed by atoms with Crippen molar-refractivity contribution in [2.45, 2.75) is 19.9 Å². The number of rotatable bonds is 5. The molecule has 1 aromatic heterocycles. The lowest BCUT2D eigenvalue weighted by Crippen LogP contribution is -2.18. The number of hydrogen-bond donors (Lipinski definition) is 2. The number of hydrogen-bond acceptors (Lipinski definition) is 5. The average molecular weight is 229 g/mol. The van der Waals surface area contributed by atoms with Crippen LogP contribution in [0.1, 0.15) is 25.6 Å². The zero-order valence-corrected chi connectivity index (χ0v) is 9.63. The first-order valence-electron chi connectivity index (χ1n) is 4.72. The van der Waals surface area contributed by atoms with E-state index < -0.39 is 0 Å². The van der Waals surface area contributed by atoms with E-state index in [0.29, 0.717) is 11.7 Å². The van der Waals surface area contributed by atoms with Crippen LogP contribution < -0.4 is 11.1 Å². The number of ether oxygens (including phenoxy) is 1. The third kappa shape index (κ3) is 3.94. The van der Waals surface area contributed by atoms with Crippen LogP contribution in [0.3, 0.4) is 0 Å². The maximum atomic E-state index is 11.2. The summed E-state index contributed by atoms with van der Waals surface area (Å²) in [6, 6.07) is -0.112. The fourth-order valence-electron chi connectivity index (χ4n) is 0.903. The van der Waals surface area contributed by atoms with Crippen LogP contribution in [0.25, 0.3) is 0 Å². The van der Waals surface area contributed by atoms with Gasteiger partial charge in [0.25, 0.3) is 5.91 Å². The molecule has 0 radical (unpaired) electrons. The maximum Gasteiger partial charge on any atom is 0.252 e. The number of anilines is 1. The highest BCUT2D eigenvalue weighted by molar-refractivity contribution is 7.13. The van der Waals surface area contributed by atoms with Gasteiger partial charge in [-0.25, -0.2) is 4.98 Å². The Balaban J connectivity index is 2.46. The zero-order chi connectivity index (χ0) is 11.3. The van der Waals surface area contributed by atoms with Crippen LogP contribution in [0.5, 0.6) is 0 Å². The zero-order valence-electron chi connectivity index (χ0n) is 8.82. The van der Waals surface area contributed by atoms with Crippen molar-refractivity contribution in [3.05, 3.63) is 11.1 Å². The molecule has 1 aromatic rings. The Hall–Kier alpha value is -0.980. The predicted molar refractivity (Wildman–Crippen MR) is 59.8 cm³/mol. The van der Waals surface area contributed by atoms with E-state index in [1.54, 1.807) is 0 Å². The molecule has 0 aromatic carbocycles. The quantitative estimate of drug-likeness (QED) is 0.793. The van der Waals surface area contributed by atoms with Gasteiger partial charge >= 0.3 is 0 Å². The summed E-state index contributed by atoms with van der Waals surface area (Å²) in [6.45, 7) is 4.27. The number of nitrogens with one attached hydrogen (secondary N) is 1. The Bertz CT molecular complexity index is 325. The molecule has 0 fully saturated rings.